The molecule has 0 saturated heterocycles. The molecule has 0 atom stereocenters. The second-order valence-electron chi connectivity index (χ2n) is 3.29. The largest absolute Gasteiger partial charge is 0.497 e. The SMILES string of the molecule is CC#CCOc1cc(OC)ccc1/C=C/C(=O)O. The smallest absolute Gasteiger partial charge is 0.328 e. The molecule has 0 spiro atoms. The molecule has 0 aliphatic rings. The first-order chi connectivity index (χ1) is 8.67. The zero-order valence-electron chi connectivity index (χ0n) is 10.3. The number of hydrogen-bond acceptors (Lipinski definition) is 3. The maximum atomic E-state index is 10.5. The Morgan fingerprint density at radius 3 is 2.89 bits per heavy atom. The van der Waals surface area contributed by atoms with Crippen LogP contribution in [-0.4, -0.2) is 24.8 Å². The molecule has 0 aliphatic heterocycles. The molecule has 0 fully saturated rings. The first-order valence-electron chi connectivity index (χ1n) is 5.29. The van der Waals surface area contributed by atoms with E-state index in [0.29, 0.717) is 17.1 Å². The first kappa shape index (κ1) is 13.7. The molecule has 1 N–H and O–H groups in total. The van der Waals surface area contributed by atoms with Gasteiger partial charge in [0.05, 0.1) is 7.11 Å². The number of benzene rings is 1. The van der Waals surface area contributed by atoms with Gasteiger partial charge in [-0.15, -0.1) is 5.92 Å². The van der Waals surface area contributed by atoms with E-state index in [1.807, 2.05) is 0 Å². The lowest BCUT2D eigenvalue weighted by atomic mass is 10.1. The highest BCUT2D eigenvalue weighted by Gasteiger charge is 2.03. The van der Waals surface area contributed by atoms with Crippen LogP contribution in [0.3, 0.4) is 0 Å². The molecule has 0 radical (unpaired) electrons. The van der Waals surface area contributed by atoms with Crippen molar-refractivity contribution < 1.29 is 19.4 Å². The Bertz CT molecular complexity index is 506. The lowest BCUT2D eigenvalue weighted by Crippen LogP contribution is -1.97. The van der Waals surface area contributed by atoms with Crippen LogP contribution in [0.15, 0.2) is 24.3 Å². The minimum Gasteiger partial charge on any atom is -0.497 e. The molecule has 0 saturated carbocycles. The van der Waals surface area contributed by atoms with Crippen LogP contribution in [0.5, 0.6) is 11.5 Å². The highest BCUT2D eigenvalue weighted by atomic mass is 16.5. The van der Waals surface area contributed by atoms with Gasteiger partial charge in [0.2, 0.25) is 0 Å². The van der Waals surface area contributed by atoms with Gasteiger partial charge < -0.3 is 14.6 Å². The predicted octanol–water partition coefficient (Wildman–Crippen LogP) is 2.20. The minimum atomic E-state index is -1.01. The first-order valence-corrected chi connectivity index (χ1v) is 5.29. The second-order valence-corrected chi connectivity index (χ2v) is 3.29. The summed E-state index contributed by atoms with van der Waals surface area (Å²) in [6, 6.07) is 5.16. The van der Waals surface area contributed by atoms with Crippen molar-refractivity contribution >= 4 is 12.0 Å². The molecule has 0 aliphatic carbocycles. The van der Waals surface area contributed by atoms with E-state index in [1.54, 1.807) is 32.2 Å². The van der Waals surface area contributed by atoms with Gasteiger partial charge in [-0.2, -0.15) is 0 Å². The number of carbonyl (C=O) groups is 1. The Kier molecular flexibility index (Phi) is 5.33. The van der Waals surface area contributed by atoms with E-state index in [0.717, 1.165) is 6.08 Å². The van der Waals surface area contributed by atoms with E-state index in [9.17, 15) is 4.79 Å². The Morgan fingerprint density at radius 2 is 2.28 bits per heavy atom. The number of rotatable bonds is 5. The van der Waals surface area contributed by atoms with E-state index in [4.69, 9.17) is 14.6 Å². The Labute approximate surface area is 106 Å². The summed E-state index contributed by atoms with van der Waals surface area (Å²) < 4.78 is 10.5. The van der Waals surface area contributed by atoms with Gasteiger partial charge in [-0.1, -0.05) is 5.92 Å². The lowest BCUT2D eigenvalue weighted by molar-refractivity contribution is -0.131. The van der Waals surface area contributed by atoms with Crippen LogP contribution in [0.1, 0.15) is 12.5 Å². The van der Waals surface area contributed by atoms with Crippen molar-refractivity contribution in [3.63, 3.8) is 0 Å². The molecule has 0 aromatic heterocycles. The molecular formula is C14H14O4. The summed E-state index contributed by atoms with van der Waals surface area (Å²) in [5, 5.41) is 8.61. The molecule has 1 aromatic rings. The van der Waals surface area contributed by atoms with E-state index >= 15 is 0 Å². The number of ether oxygens (including phenoxy) is 2. The van der Waals surface area contributed by atoms with Gasteiger partial charge in [0.25, 0.3) is 0 Å². The van der Waals surface area contributed by atoms with Gasteiger partial charge in [-0.05, 0) is 25.1 Å². The van der Waals surface area contributed by atoms with E-state index in [-0.39, 0.29) is 6.61 Å². The number of aliphatic carboxylic acids is 1. The van der Waals surface area contributed by atoms with Crippen LogP contribution in [0.25, 0.3) is 6.08 Å². The molecular weight excluding hydrogens is 232 g/mol. The van der Waals surface area contributed by atoms with E-state index in [2.05, 4.69) is 11.8 Å². The standard InChI is InChI=1S/C14H14O4/c1-3-4-9-18-13-10-12(17-2)7-5-11(13)6-8-14(15)16/h5-8,10H,9H2,1-2H3,(H,15,16)/b8-6+. The molecule has 18 heavy (non-hydrogen) atoms. The van der Waals surface area contributed by atoms with Crippen molar-refractivity contribution in [2.24, 2.45) is 0 Å². The maximum Gasteiger partial charge on any atom is 0.328 e. The summed E-state index contributed by atoms with van der Waals surface area (Å²) in [6.07, 6.45) is 2.52. The van der Waals surface area contributed by atoms with Gasteiger partial charge >= 0.3 is 5.97 Å². The molecule has 0 amide bonds. The summed E-state index contributed by atoms with van der Waals surface area (Å²) in [4.78, 5) is 10.5. The number of carboxylic acids is 1. The summed E-state index contributed by atoms with van der Waals surface area (Å²) in [7, 11) is 1.55. The van der Waals surface area contributed by atoms with Crippen molar-refractivity contribution in [3.8, 4) is 23.3 Å². The number of methoxy groups -OCH3 is 1. The third-order valence-electron chi connectivity index (χ3n) is 2.10. The fourth-order valence-corrected chi connectivity index (χ4v) is 1.25. The van der Waals surface area contributed by atoms with Crippen molar-refractivity contribution in [3.05, 3.63) is 29.8 Å². The van der Waals surface area contributed by atoms with Crippen LogP contribution >= 0.6 is 0 Å². The molecule has 4 heteroatoms. The monoisotopic (exact) mass is 246 g/mol. The predicted molar refractivity (Wildman–Crippen MR) is 68.6 cm³/mol. The van der Waals surface area contributed by atoms with Crippen molar-refractivity contribution in [1.29, 1.82) is 0 Å². The fourth-order valence-electron chi connectivity index (χ4n) is 1.25. The quantitative estimate of drug-likeness (QED) is 0.639. The number of carboxylic acid groups (broad SMARTS) is 1. The zero-order chi connectivity index (χ0) is 13.4. The second kappa shape index (κ2) is 7.02. The summed E-state index contributed by atoms with van der Waals surface area (Å²) in [6.45, 7) is 1.97. The molecule has 1 aromatic carbocycles. The average Bonchev–Trinajstić information content (AvgIpc) is 2.37. The normalized spacial score (nSPS) is 9.67. The number of hydrogen-bond donors (Lipinski definition) is 1. The van der Waals surface area contributed by atoms with Crippen LogP contribution < -0.4 is 9.47 Å². The Balaban J connectivity index is 2.98. The van der Waals surface area contributed by atoms with Gasteiger partial charge in [0.15, 0.2) is 0 Å². The van der Waals surface area contributed by atoms with Crippen LogP contribution in [0.2, 0.25) is 0 Å². The van der Waals surface area contributed by atoms with Gasteiger partial charge in [0.1, 0.15) is 18.1 Å². The summed E-state index contributed by atoms with van der Waals surface area (Å²) in [5.74, 6) is 5.66. The molecule has 1 rings (SSSR count). The summed E-state index contributed by atoms with van der Waals surface area (Å²) >= 11 is 0. The molecule has 94 valence electrons. The lowest BCUT2D eigenvalue weighted by Gasteiger charge is -2.08. The van der Waals surface area contributed by atoms with Gasteiger partial charge in [-0.25, -0.2) is 4.79 Å². The maximum absolute atomic E-state index is 10.5. The highest BCUT2D eigenvalue weighted by Crippen LogP contribution is 2.25. The molecule has 0 bridgehead atoms. The third-order valence-corrected chi connectivity index (χ3v) is 2.10. The average molecular weight is 246 g/mol. The van der Waals surface area contributed by atoms with Crippen molar-refractivity contribution in [2.75, 3.05) is 13.7 Å². The third kappa shape index (κ3) is 4.22. The molecule has 0 unspecified atom stereocenters. The van der Waals surface area contributed by atoms with Crippen LogP contribution in [-0.2, 0) is 4.79 Å². The summed E-state index contributed by atoms with van der Waals surface area (Å²) in [5.41, 5.74) is 0.663. The highest BCUT2D eigenvalue weighted by molar-refractivity contribution is 5.86. The Morgan fingerprint density at radius 1 is 1.50 bits per heavy atom. The van der Waals surface area contributed by atoms with Gasteiger partial charge in [0, 0.05) is 17.7 Å². The van der Waals surface area contributed by atoms with E-state index in [1.165, 1.54) is 6.08 Å². The van der Waals surface area contributed by atoms with Crippen LogP contribution in [0.4, 0.5) is 0 Å². The topological polar surface area (TPSA) is 55.8 Å². The van der Waals surface area contributed by atoms with Crippen molar-refractivity contribution in [1.82, 2.24) is 0 Å². The van der Waals surface area contributed by atoms with Gasteiger partial charge in [-0.3, -0.25) is 0 Å². The van der Waals surface area contributed by atoms with E-state index < -0.39 is 5.97 Å². The fraction of sp³-hybridized carbons (Fsp3) is 0.214. The van der Waals surface area contributed by atoms with Crippen LogP contribution in [0, 0.1) is 11.8 Å². The molecule has 4 nitrogen and oxygen atoms in total. The minimum absolute atomic E-state index is 0.248. The van der Waals surface area contributed by atoms with Crippen molar-refractivity contribution in [2.45, 2.75) is 6.92 Å². The Hall–Kier alpha value is -2.41. The molecule has 0 heterocycles. The zero-order valence-corrected chi connectivity index (χ0v) is 10.3.